The first-order chi connectivity index (χ1) is 13.4. The average Bonchev–Trinajstić information content (AvgIpc) is 3.10. The van der Waals surface area contributed by atoms with Crippen LogP contribution in [0.1, 0.15) is 47.3 Å². The fourth-order valence-corrected chi connectivity index (χ4v) is 3.57. The summed E-state index contributed by atoms with van der Waals surface area (Å²) in [5.41, 5.74) is 3.04. The van der Waals surface area contributed by atoms with E-state index < -0.39 is 6.04 Å². The van der Waals surface area contributed by atoms with E-state index in [1.807, 2.05) is 37.2 Å². The van der Waals surface area contributed by atoms with Gasteiger partial charge < -0.3 is 15.5 Å². The molecule has 2 amide bonds. The van der Waals surface area contributed by atoms with Gasteiger partial charge in [-0.05, 0) is 56.5 Å². The number of piperidine rings is 1. The van der Waals surface area contributed by atoms with E-state index in [9.17, 15) is 9.59 Å². The summed E-state index contributed by atoms with van der Waals surface area (Å²) in [6, 6.07) is 4.96. The summed E-state index contributed by atoms with van der Waals surface area (Å²) in [6.07, 6.45) is 5.60. The van der Waals surface area contributed by atoms with Crippen LogP contribution in [-0.4, -0.2) is 46.6 Å². The lowest BCUT2D eigenvalue weighted by molar-refractivity contribution is -0.118. The van der Waals surface area contributed by atoms with E-state index in [4.69, 9.17) is 0 Å². The van der Waals surface area contributed by atoms with Crippen molar-refractivity contribution < 1.29 is 9.59 Å². The van der Waals surface area contributed by atoms with Crippen LogP contribution in [0.4, 0.5) is 5.69 Å². The number of hydrogen-bond acceptors (Lipinski definition) is 4. The zero-order valence-electron chi connectivity index (χ0n) is 17.4. The third-order valence-electron chi connectivity index (χ3n) is 5.41. The molecule has 1 atom stereocenters. The van der Waals surface area contributed by atoms with Crippen LogP contribution in [-0.2, 0) is 11.8 Å². The molecule has 0 bridgehead atoms. The Hall–Kier alpha value is -2.38. The van der Waals surface area contributed by atoms with Crippen molar-refractivity contribution in [2.24, 2.45) is 13.0 Å². The van der Waals surface area contributed by atoms with Crippen molar-refractivity contribution >= 4 is 29.9 Å². The van der Waals surface area contributed by atoms with Gasteiger partial charge in [-0.1, -0.05) is 6.92 Å². The molecule has 7 nitrogen and oxygen atoms in total. The number of nitrogens with one attached hydrogen (secondary N) is 2. The SMILES string of the molecule is CNC(C(=O)Nc1ccc(C(=O)N2CCC(C)CC2)cc1C)c1cnn(C)c1.Cl. The predicted molar refractivity (Wildman–Crippen MR) is 116 cm³/mol. The molecule has 1 aliphatic heterocycles. The molecule has 0 spiro atoms. The number of aromatic nitrogens is 2. The Morgan fingerprint density at radius 3 is 2.48 bits per heavy atom. The number of amides is 2. The van der Waals surface area contributed by atoms with E-state index in [0.29, 0.717) is 17.2 Å². The maximum absolute atomic E-state index is 12.8. The van der Waals surface area contributed by atoms with Crippen molar-refractivity contribution in [2.45, 2.75) is 32.7 Å². The zero-order valence-corrected chi connectivity index (χ0v) is 18.3. The average molecular weight is 420 g/mol. The second kappa shape index (κ2) is 9.89. The van der Waals surface area contributed by atoms with Gasteiger partial charge in [0.15, 0.2) is 0 Å². The van der Waals surface area contributed by atoms with Crippen molar-refractivity contribution in [3.8, 4) is 0 Å². The van der Waals surface area contributed by atoms with Crippen molar-refractivity contribution in [1.82, 2.24) is 20.0 Å². The lowest BCUT2D eigenvalue weighted by Gasteiger charge is -2.30. The number of aryl methyl sites for hydroxylation is 2. The molecular weight excluding hydrogens is 390 g/mol. The lowest BCUT2D eigenvalue weighted by atomic mass is 9.98. The summed E-state index contributed by atoms with van der Waals surface area (Å²) >= 11 is 0. The molecule has 8 heteroatoms. The first kappa shape index (κ1) is 22.9. The molecule has 1 aliphatic rings. The fourth-order valence-electron chi connectivity index (χ4n) is 3.57. The van der Waals surface area contributed by atoms with Gasteiger partial charge in [0.05, 0.1) is 6.20 Å². The van der Waals surface area contributed by atoms with Gasteiger partial charge in [0.25, 0.3) is 5.91 Å². The highest BCUT2D eigenvalue weighted by atomic mass is 35.5. The number of likely N-dealkylation sites (tertiary alicyclic amines) is 1. The topological polar surface area (TPSA) is 79.3 Å². The van der Waals surface area contributed by atoms with E-state index in [2.05, 4.69) is 22.7 Å². The summed E-state index contributed by atoms with van der Waals surface area (Å²) < 4.78 is 1.67. The molecule has 0 saturated carbocycles. The van der Waals surface area contributed by atoms with Gasteiger partial charge in [0.2, 0.25) is 5.91 Å². The fraction of sp³-hybridized carbons (Fsp3) is 0.476. The van der Waals surface area contributed by atoms with Gasteiger partial charge in [-0.15, -0.1) is 12.4 Å². The standard InChI is InChI=1S/C21H29N5O2.ClH/c1-14-7-9-26(10-8-14)21(28)16-5-6-18(15(2)11-16)24-20(27)19(22-3)17-12-23-25(4)13-17;/h5-6,11-14,19,22H,7-10H2,1-4H3,(H,24,27);1H. The van der Waals surface area contributed by atoms with Crippen LogP contribution in [0.5, 0.6) is 0 Å². The van der Waals surface area contributed by atoms with Gasteiger partial charge >= 0.3 is 0 Å². The first-order valence-electron chi connectivity index (χ1n) is 9.75. The summed E-state index contributed by atoms with van der Waals surface area (Å²) in [6.45, 7) is 5.76. The Kier molecular flexibility index (Phi) is 7.81. The van der Waals surface area contributed by atoms with Gasteiger partial charge in [-0.2, -0.15) is 5.10 Å². The molecular formula is C21H30ClN5O2. The van der Waals surface area contributed by atoms with Crippen molar-refractivity contribution in [3.05, 3.63) is 47.3 Å². The molecule has 3 rings (SSSR count). The second-order valence-electron chi connectivity index (χ2n) is 7.66. The summed E-state index contributed by atoms with van der Waals surface area (Å²) in [4.78, 5) is 27.4. The van der Waals surface area contributed by atoms with Crippen LogP contribution in [0.2, 0.25) is 0 Å². The van der Waals surface area contributed by atoms with Gasteiger partial charge in [0, 0.05) is 43.1 Å². The van der Waals surface area contributed by atoms with Crippen LogP contribution < -0.4 is 10.6 Å². The predicted octanol–water partition coefficient (Wildman–Crippen LogP) is 2.92. The van der Waals surface area contributed by atoms with Crippen molar-refractivity contribution in [1.29, 1.82) is 0 Å². The number of rotatable bonds is 5. The molecule has 2 aromatic rings. The highest BCUT2D eigenvalue weighted by Gasteiger charge is 2.23. The quantitative estimate of drug-likeness (QED) is 0.780. The smallest absolute Gasteiger partial charge is 0.253 e. The maximum Gasteiger partial charge on any atom is 0.253 e. The molecule has 1 saturated heterocycles. The Bertz CT molecular complexity index is 859. The minimum Gasteiger partial charge on any atom is -0.339 e. The highest BCUT2D eigenvalue weighted by Crippen LogP contribution is 2.22. The third kappa shape index (κ3) is 5.36. The number of anilines is 1. The molecule has 1 aromatic heterocycles. The number of carbonyl (C=O) groups excluding carboxylic acids is 2. The summed E-state index contributed by atoms with van der Waals surface area (Å²) in [5.74, 6) is 0.586. The van der Waals surface area contributed by atoms with Crippen LogP contribution in [0, 0.1) is 12.8 Å². The molecule has 158 valence electrons. The minimum atomic E-state index is -0.496. The normalized spacial score (nSPS) is 15.5. The first-order valence-corrected chi connectivity index (χ1v) is 9.75. The van der Waals surface area contributed by atoms with Gasteiger partial charge in [-0.25, -0.2) is 0 Å². The molecule has 1 unspecified atom stereocenters. The highest BCUT2D eigenvalue weighted by molar-refractivity contribution is 5.98. The summed E-state index contributed by atoms with van der Waals surface area (Å²) in [7, 11) is 3.56. The number of hydrogen-bond donors (Lipinski definition) is 2. The van der Waals surface area contributed by atoms with E-state index in [1.54, 1.807) is 24.0 Å². The number of benzene rings is 1. The van der Waals surface area contributed by atoms with E-state index in [1.165, 1.54) is 0 Å². The lowest BCUT2D eigenvalue weighted by Crippen LogP contribution is -2.37. The number of halogens is 1. The van der Waals surface area contributed by atoms with E-state index in [-0.39, 0.29) is 24.2 Å². The Morgan fingerprint density at radius 2 is 1.93 bits per heavy atom. The minimum absolute atomic E-state index is 0. The van der Waals surface area contributed by atoms with Gasteiger partial charge in [0.1, 0.15) is 6.04 Å². The Labute approximate surface area is 178 Å². The molecule has 1 aromatic carbocycles. The molecule has 0 aliphatic carbocycles. The van der Waals surface area contributed by atoms with E-state index >= 15 is 0 Å². The second-order valence-corrected chi connectivity index (χ2v) is 7.66. The molecule has 2 heterocycles. The van der Waals surface area contributed by atoms with Gasteiger partial charge in [-0.3, -0.25) is 14.3 Å². The monoisotopic (exact) mass is 419 g/mol. The number of likely N-dealkylation sites (N-methyl/N-ethyl adjacent to an activating group) is 1. The summed E-state index contributed by atoms with van der Waals surface area (Å²) in [5, 5.41) is 10.1. The molecule has 2 N–H and O–H groups in total. The maximum atomic E-state index is 12.8. The molecule has 29 heavy (non-hydrogen) atoms. The van der Waals surface area contributed by atoms with Crippen LogP contribution >= 0.6 is 12.4 Å². The largest absolute Gasteiger partial charge is 0.339 e. The van der Waals surface area contributed by atoms with Crippen LogP contribution in [0.25, 0.3) is 0 Å². The Morgan fingerprint density at radius 1 is 1.24 bits per heavy atom. The number of carbonyl (C=O) groups is 2. The number of nitrogens with zero attached hydrogens (tertiary/aromatic N) is 3. The van der Waals surface area contributed by atoms with Crippen molar-refractivity contribution in [2.75, 3.05) is 25.5 Å². The van der Waals surface area contributed by atoms with E-state index in [0.717, 1.165) is 37.1 Å². The van der Waals surface area contributed by atoms with Crippen LogP contribution in [0.3, 0.4) is 0 Å². The van der Waals surface area contributed by atoms with Crippen LogP contribution in [0.15, 0.2) is 30.6 Å². The third-order valence-corrected chi connectivity index (χ3v) is 5.41. The van der Waals surface area contributed by atoms with Crippen molar-refractivity contribution in [3.63, 3.8) is 0 Å². The molecule has 1 fully saturated rings. The Balaban J connectivity index is 0.00000300. The zero-order chi connectivity index (χ0) is 20.3. The molecule has 0 radical (unpaired) electrons.